The highest BCUT2D eigenvalue weighted by molar-refractivity contribution is 5.91. The van der Waals surface area contributed by atoms with Crippen LogP contribution in [-0.4, -0.2) is 76.5 Å². The number of fused-ring (bicyclic) bond motifs is 3. The number of nitrogens with one attached hydrogen (secondary N) is 3. The first-order valence-electron chi connectivity index (χ1n) is 13.9. The van der Waals surface area contributed by atoms with Gasteiger partial charge in [-0.2, -0.15) is 5.10 Å². The number of pyridine rings is 2. The average Bonchev–Trinajstić information content (AvgIpc) is 3.29. The zero-order valence-electron chi connectivity index (χ0n) is 22.7. The lowest BCUT2D eigenvalue weighted by Gasteiger charge is -2.33. The Balaban J connectivity index is 1.14. The maximum atomic E-state index is 15.3. The number of halogens is 1. The number of nitrogens with zero attached hydrogens (tertiary/aromatic N) is 5. The lowest BCUT2D eigenvalue weighted by molar-refractivity contribution is -0.134. The van der Waals surface area contributed by atoms with Crippen LogP contribution < -0.4 is 25.4 Å². The molecule has 0 saturated carbocycles. The summed E-state index contributed by atoms with van der Waals surface area (Å²) in [6.45, 7) is 3.93. The molecular formula is C29H31FN8O3. The monoisotopic (exact) mass is 558 g/mol. The van der Waals surface area contributed by atoms with E-state index in [1.54, 1.807) is 30.3 Å². The fourth-order valence-electron chi connectivity index (χ4n) is 5.98. The summed E-state index contributed by atoms with van der Waals surface area (Å²) < 4.78 is 28.4. The number of amides is 1. The van der Waals surface area contributed by atoms with Crippen molar-refractivity contribution < 1.29 is 18.7 Å². The molecule has 3 aliphatic rings. The maximum Gasteiger partial charge on any atom is 0.244 e. The van der Waals surface area contributed by atoms with E-state index in [1.165, 1.54) is 6.07 Å². The van der Waals surface area contributed by atoms with Crippen LogP contribution in [0.25, 0.3) is 21.9 Å². The van der Waals surface area contributed by atoms with Crippen LogP contribution in [0.5, 0.6) is 11.6 Å². The fraction of sp³-hybridized carbons (Fsp3) is 0.379. The van der Waals surface area contributed by atoms with Crippen LogP contribution in [-0.2, 0) is 17.8 Å². The Kier molecular flexibility index (Phi) is 6.54. The molecule has 0 bridgehead atoms. The Morgan fingerprint density at radius 2 is 1.93 bits per heavy atom. The quantitative estimate of drug-likeness (QED) is 0.339. The minimum absolute atomic E-state index is 0.109. The second-order valence-electron chi connectivity index (χ2n) is 10.5. The Morgan fingerprint density at radius 3 is 2.78 bits per heavy atom. The van der Waals surface area contributed by atoms with Gasteiger partial charge in [0.2, 0.25) is 11.8 Å². The van der Waals surface area contributed by atoms with Crippen LogP contribution in [0.15, 0.2) is 36.7 Å². The van der Waals surface area contributed by atoms with E-state index in [0.29, 0.717) is 71.2 Å². The summed E-state index contributed by atoms with van der Waals surface area (Å²) in [5.74, 6) is 1.80. The average molecular weight is 559 g/mol. The standard InChI is InChI=1S/C29H31FN8O3/c1-40-28-22(15-34-29-27(28)32-7-9-41-29)21-10-17-12-24(33-14-18(17)11-23(21)30)35-25-13-20-4-8-37(19-2-5-31-6-3-19)26(39)16-38(20)36-25/h10-15,19,31-32H,2-9,16H2,1H3,(H,33,35,36). The van der Waals surface area contributed by atoms with Gasteiger partial charge < -0.3 is 30.3 Å². The van der Waals surface area contributed by atoms with Crippen molar-refractivity contribution in [3.8, 4) is 22.8 Å². The highest BCUT2D eigenvalue weighted by Crippen LogP contribution is 2.43. The zero-order chi connectivity index (χ0) is 27.9. The number of anilines is 3. The van der Waals surface area contributed by atoms with Crippen molar-refractivity contribution in [2.45, 2.75) is 31.8 Å². The SMILES string of the molecule is COc1c(-c2cc3cc(Nc4cc5n(n4)CC(=O)N(C4CCNCC4)CC5)ncc3cc2F)cnc2c1NCCO2. The number of carbonyl (C=O) groups excluding carboxylic acids is 1. The third kappa shape index (κ3) is 4.77. The molecule has 6 heterocycles. The molecule has 1 aromatic carbocycles. The molecule has 1 saturated heterocycles. The van der Waals surface area contributed by atoms with Gasteiger partial charge in [0.05, 0.1) is 7.11 Å². The summed E-state index contributed by atoms with van der Waals surface area (Å²) in [5.41, 5.74) is 2.51. The van der Waals surface area contributed by atoms with Crippen molar-refractivity contribution in [3.05, 3.63) is 48.2 Å². The molecule has 212 valence electrons. The molecule has 0 radical (unpaired) electrons. The lowest BCUT2D eigenvalue weighted by Crippen LogP contribution is -2.47. The van der Waals surface area contributed by atoms with Crippen molar-refractivity contribution in [1.82, 2.24) is 30.0 Å². The molecule has 3 aliphatic heterocycles. The summed E-state index contributed by atoms with van der Waals surface area (Å²) in [6, 6.07) is 7.35. The largest absolute Gasteiger partial charge is 0.494 e. The summed E-state index contributed by atoms with van der Waals surface area (Å²) in [5, 5.41) is 16.0. The van der Waals surface area contributed by atoms with E-state index in [-0.39, 0.29) is 12.5 Å². The maximum absolute atomic E-state index is 15.3. The van der Waals surface area contributed by atoms with E-state index in [2.05, 4.69) is 31.0 Å². The predicted octanol–water partition coefficient (Wildman–Crippen LogP) is 3.33. The van der Waals surface area contributed by atoms with E-state index in [4.69, 9.17) is 9.47 Å². The third-order valence-electron chi connectivity index (χ3n) is 8.02. The second-order valence-corrected chi connectivity index (χ2v) is 10.5. The van der Waals surface area contributed by atoms with Gasteiger partial charge in [0.15, 0.2) is 11.6 Å². The first-order chi connectivity index (χ1) is 20.1. The molecule has 4 aromatic rings. The van der Waals surface area contributed by atoms with Gasteiger partial charge in [0, 0.05) is 66.2 Å². The molecule has 11 nitrogen and oxygen atoms in total. The number of ether oxygens (including phenoxy) is 2. The Hall–Kier alpha value is -4.45. The van der Waals surface area contributed by atoms with E-state index >= 15 is 4.39 Å². The van der Waals surface area contributed by atoms with Gasteiger partial charge in [-0.05, 0) is 49.5 Å². The van der Waals surface area contributed by atoms with Gasteiger partial charge in [-0.3, -0.25) is 9.48 Å². The minimum Gasteiger partial charge on any atom is -0.494 e. The molecule has 0 aliphatic carbocycles. The van der Waals surface area contributed by atoms with Gasteiger partial charge in [-0.1, -0.05) is 0 Å². The first kappa shape index (κ1) is 25.5. The topological polar surface area (TPSA) is 118 Å². The zero-order valence-corrected chi connectivity index (χ0v) is 22.7. The van der Waals surface area contributed by atoms with Gasteiger partial charge in [-0.15, -0.1) is 0 Å². The van der Waals surface area contributed by atoms with Crippen molar-refractivity contribution in [2.24, 2.45) is 0 Å². The number of methoxy groups -OCH3 is 1. The van der Waals surface area contributed by atoms with Crippen LogP contribution in [0.4, 0.5) is 21.7 Å². The van der Waals surface area contributed by atoms with E-state index in [9.17, 15) is 4.79 Å². The Bertz CT molecular complexity index is 1630. The number of carbonyl (C=O) groups is 1. The van der Waals surface area contributed by atoms with E-state index in [1.807, 2.05) is 17.0 Å². The van der Waals surface area contributed by atoms with Crippen LogP contribution in [0.1, 0.15) is 18.5 Å². The molecule has 3 N–H and O–H groups in total. The van der Waals surface area contributed by atoms with E-state index in [0.717, 1.165) is 43.4 Å². The van der Waals surface area contributed by atoms with Crippen LogP contribution in [0, 0.1) is 5.82 Å². The van der Waals surface area contributed by atoms with Gasteiger partial charge in [0.1, 0.15) is 30.5 Å². The number of benzene rings is 1. The van der Waals surface area contributed by atoms with Crippen molar-refractivity contribution >= 4 is 34.0 Å². The van der Waals surface area contributed by atoms with Gasteiger partial charge >= 0.3 is 0 Å². The van der Waals surface area contributed by atoms with E-state index < -0.39 is 5.82 Å². The third-order valence-corrected chi connectivity index (χ3v) is 8.02. The molecule has 12 heteroatoms. The molecule has 0 atom stereocenters. The molecular weight excluding hydrogens is 527 g/mol. The number of hydrogen-bond donors (Lipinski definition) is 3. The predicted molar refractivity (Wildman–Crippen MR) is 152 cm³/mol. The Labute approximate surface area is 236 Å². The second kappa shape index (κ2) is 10.5. The van der Waals surface area contributed by atoms with Gasteiger partial charge in [-0.25, -0.2) is 14.4 Å². The smallest absolute Gasteiger partial charge is 0.244 e. The first-order valence-corrected chi connectivity index (χ1v) is 13.9. The normalized spacial score (nSPS) is 17.3. The molecule has 41 heavy (non-hydrogen) atoms. The lowest BCUT2D eigenvalue weighted by atomic mass is 10.0. The molecule has 3 aromatic heterocycles. The highest BCUT2D eigenvalue weighted by atomic mass is 19.1. The number of aromatic nitrogens is 4. The number of rotatable bonds is 5. The van der Waals surface area contributed by atoms with Gasteiger partial charge in [0.25, 0.3) is 0 Å². The number of hydrogen-bond acceptors (Lipinski definition) is 9. The van der Waals surface area contributed by atoms with Crippen LogP contribution >= 0.6 is 0 Å². The molecule has 1 fully saturated rings. The van der Waals surface area contributed by atoms with Crippen molar-refractivity contribution in [1.29, 1.82) is 0 Å². The molecule has 0 spiro atoms. The summed E-state index contributed by atoms with van der Waals surface area (Å²) in [7, 11) is 1.55. The van der Waals surface area contributed by atoms with Crippen molar-refractivity contribution in [3.63, 3.8) is 0 Å². The highest BCUT2D eigenvalue weighted by Gasteiger charge is 2.29. The summed E-state index contributed by atoms with van der Waals surface area (Å²) in [6.07, 6.45) is 5.92. The van der Waals surface area contributed by atoms with Crippen LogP contribution in [0.3, 0.4) is 0 Å². The van der Waals surface area contributed by atoms with Crippen molar-refractivity contribution in [2.75, 3.05) is 50.5 Å². The summed E-state index contributed by atoms with van der Waals surface area (Å²) in [4.78, 5) is 23.9. The minimum atomic E-state index is -0.405. The fourth-order valence-corrected chi connectivity index (χ4v) is 5.98. The molecule has 0 unspecified atom stereocenters. The molecule has 1 amide bonds. The molecule has 7 rings (SSSR count). The number of piperidine rings is 1. The Morgan fingerprint density at radius 1 is 1.05 bits per heavy atom. The summed E-state index contributed by atoms with van der Waals surface area (Å²) >= 11 is 0. The van der Waals surface area contributed by atoms with Crippen LogP contribution in [0.2, 0.25) is 0 Å².